The second-order valence-electron chi connectivity index (χ2n) is 3.94. The van der Waals surface area contributed by atoms with Crippen LogP contribution in [0.2, 0.25) is 0 Å². The monoisotopic (exact) mass is 243 g/mol. The number of aromatic nitrogens is 1. The molecule has 2 N–H and O–H groups in total. The van der Waals surface area contributed by atoms with Gasteiger partial charge in [0.15, 0.2) is 0 Å². The van der Waals surface area contributed by atoms with Crippen LogP contribution in [0.15, 0.2) is 30.9 Å². The van der Waals surface area contributed by atoms with Gasteiger partial charge in [0.05, 0.1) is 12.1 Å². The minimum absolute atomic E-state index is 0.0183. The van der Waals surface area contributed by atoms with Crippen molar-refractivity contribution in [1.82, 2.24) is 4.98 Å². The molecule has 0 saturated heterocycles. The van der Waals surface area contributed by atoms with E-state index in [-0.39, 0.29) is 6.61 Å². The van der Waals surface area contributed by atoms with Crippen LogP contribution in [0.3, 0.4) is 0 Å². The molecule has 0 unspecified atom stereocenters. The van der Waals surface area contributed by atoms with Crippen molar-refractivity contribution in [3.63, 3.8) is 0 Å². The molecule has 0 fully saturated rings. The molecule has 0 aliphatic rings. The highest BCUT2D eigenvalue weighted by Gasteiger charge is 2.07. The minimum atomic E-state index is 0.0183. The van der Waals surface area contributed by atoms with Gasteiger partial charge in [-0.1, -0.05) is 18.7 Å². The van der Waals surface area contributed by atoms with Gasteiger partial charge in [0, 0.05) is 22.7 Å². The molecule has 0 radical (unpaired) electrons. The Bertz CT molecular complexity index is 581. The number of hydrogen-bond acceptors (Lipinski definition) is 2. The Hall–Kier alpha value is -2.00. The molecular weight excluding hydrogens is 226 g/mol. The summed E-state index contributed by atoms with van der Waals surface area (Å²) in [6.07, 6.45) is 5.87. The van der Waals surface area contributed by atoms with Crippen LogP contribution in [0.4, 0.5) is 0 Å². The van der Waals surface area contributed by atoms with E-state index in [1.165, 1.54) is 0 Å². The summed E-state index contributed by atoms with van der Waals surface area (Å²) >= 11 is 0. The number of rotatable bonds is 5. The fourth-order valence-corrected chi connectivity index (χ4v) is 1.98. The number of aliphatic hydroxyl groups is 1. The Morgan fingerprint density at radius 3 is 2.94 bits per heavy atom. The maximum absolute atomic E-state index is 8.74. The van der Waals surface area contributed by atoms with Crippen LogP contribution >= 0.6 is 0 Å². The van der Waals surface area contributed by atoms with E-state index >= 15 is 0 Å². The largest absolute Gasteiger partial charge is 0.491 e. The lowest BCUT2D eigenvalue weighted by Gasteiger charge is -2.03. The fourth-order valence-electron chi connectivity index (χ4n) is 1.98. The minimum Gasteiger partial charge on any atom is -0.491 e. The molecule has 3 nitrogen and oxygen atoms in total. The lowest BCUT2D eigenvalue weighted by Crippen LogP contribution is -2.01. The number of aliphatic hydroxyl groups excluding tert-OH is 1. The molecule has 0 aliphatic heterocycles. The Morgan fingerprint density at radius 2 is 2.28 bits per heavy atom. The number of fused-ring (bicyclic) bond motifs is 1. The van der Waals surface area contributed by atoms with Crippen LogP contribution in [-0.2, 0) is 0 Å². The van der Waals surface area contributed by atoms with Crippen LogP contribution in [0.1, 0.15) is 18.2 Å². The second kappa shape index (κ2) is 5.56. The fraction of sp³-hybridized carbons (Fsp3) is 0.200. The average Bonchev–Trinajstić information content (AvgIpc) is 2.74. The lowest BCUT2D eigenvalue weighted by molar-refractivity contribution is 0.201. The van der Waals surface area contributed by atoms with Gasteiger partial charge in [-0.15, -0.1) is 0 Å². The smallest absolute Gasteiger partial charge is 0.121 e. The molecule has 0 amide bonds. The normalized spacial score (nSPS) is 11.2. The summed E-state index contributed by atoms with van der Waals surface area (Å²) in [4.78, 5) is 3.30. The van der Waals surface area contributed by atoms with Crippen LogP contribution in [0, 0.1) is 0 Å². The van der Waals surface area contributed by atoms with Crippen molar-refractivity contribution in [2.75, 3.05) is 13.2 Å². The highest BCUT2D eigenvalue weighted by atomic mass is 16.5. The van der Waals surface area contributed by atoms with Gasteiger partial charge in [0.1, 0.15) is 12.4 Å². The van der Waals surface area contributed by atoms with Crippen molar-refractivity contribution in [3.8, 4) is 5.75 Å². The summed E-state index contributed by atoms with van der Waals surface area (Å²) in [6.45, 7) is 6.13. The van der Waals surface area contributed by atoms with Gasteiger partial charge in [-0.25, -0.2) is 0 Å². The van der Waals surface area contributed by atoms with Crippen molar-refractivity contribution in [2.24, 2.45) is 0 Å². The molecule has 2 aromatic rings. The van der Waals surface area contributed by atoms with Crippen LogP contribution < -0.4 is 4.74 Å². The van der Waals surface area contributed by atoms with E-state index in [4.69, 9.17) is 9.84 Å². The predicted molar refractivity (Wildman–Crippen MR) is 75.7 cm³/mol. The van der Waals surface area contributed by atoms with Crippen molar-refractivity contribution in [1.29, 1.82) is 0 Å². The summed E-state index contributed by atoms with van der Waals surface area (Å²) in [6, 6.07) is 5.86. The first-order valence-electron chi connectivity index (χ1n) is 5.94. The molecule has 94 valence electrons. The number of hydrogen-bond donors (Lipinski definition) is 2. The van der Waals surface area contributed by atoms with E-state index < -0.39 is 0 Å². The van der Waals surface area contributed by atoms with Gasteiger partial charge >= 0.3 is 0 Å². The summed E-state index contributed by atoms with van der Waals surface area (Å²) in [5, 5.41) is 9.88. The third-order valence-corrected chi connectivity index (χ3v) is 2.74. The van der Waals surface area contributed by atoms with Gasteiger partial charge in [-0.05, 0) is 25.1 Å². The molecule has 2 rings (SSSR count). The average molecular weight is 243 g/mol. The Balaban J connectivity index is 2.48. The topological polar surface area (TPSA) is 45.2 Å². The molecule has 1 aromatic heterocycles. The van der Waals surface area contributed by atoms with E-state index in [9.17, 15) is 0 Å². The van der Waals surface area contributed by atoms with Crippen molar-refractivity contribution in [3.05, 3.63) is 42.1 Å². The molecule has 18 heavy (non-hydrogen) atoms. The van der Waals surface area contributed by atoms with Crippen LogP contribution in [-0.4, -0.2) is 23.3 Å². The number of allylic oxidation sites excluding steroid dienone is 1. The van der Waals surface area contributed by atoms with E-state index in [1.807, 2.05) is 37.3 Å². The molecule has 0 atom stereocenters. The molecular formula is C15H17NO2. The third-order valence-electron chi connectivity index (χ3n) is 2.74. The highest BCUT2D eigenvalue weighted by Crippen LogP contribution is 2.28. The zero-order valence-electron chi connectivity index (χ0n) is 10.4. The quantitative estimate of drug-likeness (QED) is 0.847. The lowest BCUT2D eigenvalue weighted by atomic mass is 10.1. The summed E-state index contributed by atoms with van der Waals surface area (Å²) in [7, 11) is 0. The van der Waals surface area contributed by atoms with Gasteiger partial charge in [-0.3, -0.25) is 0 Å². The summed E-state index contributed by atoms with van der Waals surface area (Å²) < 4.78 is 5.39. The van der Waals surface area contributed by atoms with E-state index in [2.05, 4.69) is 17.6 Å². The molecule has 1 heterocycles. The number of nitrogens with one attached hydrogen (secondary N) is 1. The van der Waals surface area contributed by atoms with E-state index in [1.54, 1.807) is 0 Å². The van der Waals surface area contributed by atoms with Crippen LogP contribution in [0.25, 0.3) is 23.1 Å². The first-order chi connectivity index (χ1) is 8.80. The molecule has 0 aliphatic carbocycles. The Kier molecular flexibility index (Phi) is 3.85. The maximum atomic E-state index is 8.74. The van der Waals surface area contributed by atoms with Gasteiger partial charge < -0.3 is 14.8 Å². The maximum Gasteiger partial charge on any atom is 0.121 e. The first kappa shape index (κ1) is 12.5. The molecule has 3 heteroatoms. The standard InChI is InChI=1S/C15H17NO2/c1-3-5-12-13-7-6-11(18-9-8-17)10-15(13)16-14(12)4-2/h3-7,10,16-17H,2,8-9H2,1H3/b5-3-. The molecule has 0 bridgehead atoms. The number of ether oxygens (including phenoxy) is 1. The Labute approximate surface area is 106 Å². The second-order valence-corrected chi connectivity index (χ2v) is 3.94. The van der Waals surface area contributed by atoms with Crippen molar-refractivity contribution < 1.29 is 9.84 Å². The molecule has 1 aromatic carbocycles. The summed E-state index contributed by atoms with van der Waals surface area (Å²) in [5.74, 6) is 0.750. The SMILES string of the molecule is C=Cc1[nH]c2cc(OCCO)ccc2c1/C=C\C. The van der Waals surface area contributed by atoms with E-state index in [0.717, 1.165) is 27.9 Å². The first-order valence-corrected chi connectivity index (χ1v) is 5.94. The third kappa shape index (κ3) is 2.31. The van der Waals surface area contributed by atoms with Gasteiger partial charge in [0.25, 0.3) is 0 Å². The highest BCUT2D eigenvalue weighted by molar-refractivity contribution is 5.93. The van der Waals surface area contributed by atoms with Crippen LogP contribution in [0.5, 0.6) is 5.75 Å². The van der Waals surface area contributed by atoms with E-state index in [0.29, 0.717) is 6.61 Å². The molecule has 0 saturated carbocycles. The number of aromatic amines is 1. The zero-order chi connectivity index (χ0) is 13.0. The summed E-state index contributed by atoms with van der Waals surface area (Å²) in [5.41, 5.74) is 3.15. The van der Waals surface area contributed by atoms with Gasteiger partial charge in [0.2, 0.25) is 0 Å². The number of H-pyrrole nitrogens is 1. The molecule has 0 spiro atoms. The number of benzene rings is 1. The van der Waals surface area contributed by atoms with Gasteiger partial charge in [-0.2, -0.15) is 0 Å². The Morgan fingerprint density at radius 1 is 1.44 bits per heavy atom. The van der Waals surface area contributed by atoms with Crippen molar-refractivity contribution >= 4 is 23.1 Å². The van der Waals surface area contributed by atoms with Crippen molar-refractivity contribution in [2.45, 2.75) is 6.92 Å². The zero-order valence-corrected chi connectivity index (χ0v) is 10.4. The predicted octanol–water partition coefficient (Wildman–Crippen LogP) is 3.22.